The van der Waals surface area contributed by atoms with Gasteiger partial charge >= 0.3 is 5.97 Å². The van der Waals surface area contributed by atoms with Crippen LogP contribution in [0, 0.1) is 5.92 Å². The zero-order valence-corrected chi connectivity index (χ0v) is 19.0. The molecule has 7 heteroatoms. The van der Waals surface area contributed by atoms with Crippen LogP contribution in [0.4, 0.5) is 0 Å². The highest BCUT2D eigenvalue weighted by Crippen LogP contribution is 2.25. The second-order valence-electron chi connectivity index (χ2n) is 7.94. The third-order valence-electron chi connectivity index (χ3n) is 4.94. The highest BCUT2D eigenvalue weighted by Gasteiger charge is 2.21. The van der Waals surface area contributed by atoms with E-state index in [-0.39, 0.29) is 17.4 Å². The monoisotopic (exact) mass is 451 g/mol. The van der Waals surface area contributed by atoms with Crippen molar-refractivity contribution in [2.75, 3.05) is 0 Å². The van der Waals surface area contributed by atoms with Gasteiger partial charge in [0, 0.05) is 17.5 Å². The van der Waals surface area contributed by atoms with Gasteiger partial charge in [-0.2, -0.15) is 0 Å². The first-order valence-corrected chi connectivity index (χ1v) is 12.1. The molecule has 0 fully saturated rings. The molecule has 2 N–H and O–H groups in total. The van der Waals surface area contributed by atoms with E-state index in [1.807, 2.05) is 24.3 Å². The van der Waals surface area contributed by atoms with Gasteiger partial charge in [-0.15, -0.1) is 0 Å². The molecule has 30 heavy (non-hydrogen) atoms. The molecule has 0 heterocycles. The first-order chi connectivity index (χ1) is 14.2. The largest absolute Gasteiger partial charge is 0.481 e. The van der Waals surface area contributed by atoms with E-state index in [1.54, 1.807) is 12.1 Å². The fourth-order valence-corrected chi connectivity index (χ4v) is 4.57. The van der Waals surface area contributed by atoms with Gasteiger partial charge in [0.15, 0.2) is 0 Å². The van der Waals surface area contributed by atoms with E-state index in [4.69, 9.17) is 16.7 Å². The molecule has 1 unspecified atom stereocenters. The number of halogens is 1. The van der Waals surface area contributed by atoms with Gasteiger partial charge in [0.05, 0.1) is 4.90 Å². The standard InChI is InChI=1S/C23H30ClNO4S/c1-17(2)7-16-22(25-30(28,29)21-14-12-20(24)13-15-21)19-10-8-18(9-11-19)5-3-4-6-23(26)27/h8-15,17,22,25H,3-7,16H2,1-2H3,(H,26,27). The van der Waals surface area contributed by atoms with Crippen molar-refractivity contribution in [3.8, 4) is 0 Å². The van der Waals surface area contributed by atoms with Crippen molar-refractivity contribution in [1.29, 1.82) is 0 Å². The number of nitrogens with one attached hydrogen (secondary N) is 1. The highest BCUT2D eigenvalue weighted by atomic mass is 35.5. The maximum atomic E-state index is 12.9. The number of hydrogen-bond acceptors (Lipinski definition) is 3. The summed E-state index contributed by atoms with van der Waals surface area (Å²) in [7, 11) is -3.67. The Hall–Kier alpha value is -1.89. The van der Waals surface area contributed by atoms with E-state index in [2.05, 4.69) is 18.6 Å². The van der Waals surface area contributed by atoms with Crippen LogP contribution in [-0.4, -0.2) is 19.5 Å². The molecule has 5 nitrogen and oxygen atoms in total. The number of unbranched alkanes of at least 4 members (excludes halogenated alkanes) is 1. The predicted molar refractivity (Wildman–Crippen MR) is 120 cm³/mol. The Labute approximate surface area is 184 Å². The molecule has 164 valence electrons. The molecule has 0 aliphatic carbocycles. The summed E-state index contributed by atoms with van der Waals surface area (Å²) in [5, 5.41) is 9.21. The van der Waals surface area contributed by atoms with Gasteiger partial charge in [-0.25, -0.2) is 13.1 Å². The fourth-order valence-electron chi connectivity index (χ4n) is 3.18. The molecule has 0 saturated heterocycles. The lowest BCUT2D eigenvalue weighted by molar-refractivity contribution is -0.137. The van der Waals surface area contributed by atoms with Crippen LogP contribution in [0.1, 0.15) is 63.1 Å². The van der Waals surface area contributed by atoms with Crippen LogP contribution in [0.15, 0.2) is 53.4 Å². The first-order valence-electron chi connectivity index (χ1n) is 10.3. The number of aryl methyl sites for hydroxylation is 1. The Morgan fingerprint density at radius 1 is 1.00 bits per heavy atom. The number of carboxylic acid groups (broad SMARTS) is 1. The predicted octanol–water partition coefficient (Wildman–Crippen LogP) is 5.59. The summed E-state index contributed by atoms with van der Waals surface area (Å²) in [5.74, 6) is -0.313. The average Bonchev–Trinajstić information content (AvgIpc) is 2.69. The number of carbonyl (C=O) groups is 1. The number of sulfonamides is 1. The maximum absolute atomic E-state index is 12.9. The number of benzene rings is 2. The zero-order chi connectivity index (χ0) is 22.1. The van der Waals surface area contributed by atoms with Gasteiger partial charge in [0.25, 0.3) is 0 Å². The Morgan fingerprint density at radius 3 is 2.20 bits per heavy atom. The van der Waals surface area contributed by atoms with Crippen LogP contribution >= 0.6 is 11.6 Å². The number of aliphatic carboxylic acids is 1. The summed E-state index contributed by atoms with van der Waals surface area (Å²) in [6, 6.07) is 13.7. The lowest BCUT2D eigenvalue weighted by Gasteiger charge is -2.21. The Morgan fingerprint density at radius 2 is 1.63 bits per heavy atom. The molecule has 0 saturated carbocycles. The molecule has 0 spiro atoms. The third-order valence-corrected chi connectivity index (χ3v) is 6.68. The summed E-state index contributed by atoms with van der Waals surface area (Å²) in [6.45, 7) is 4.23. The smallest absolute Gasteiger partial charge is 0.303 e. The Balaban J connectivity index is 2.11. The number of rotatable bonds is 12. The quantitative estimate of drug-likeness (QED) is 0.412. The molecule has 2 aromatic carbocycles. The lowest BCUT2D eigenvalue weighted by Crippen LogP contribution is -2.29. The molecular formula is C23H30ClNO4S. The minimum Gasteiger partial charge on any atom is -0.481 e. The van der Waals surface area contributed by atoms with Crippen LogP contribution < -0.4 is 4.72 Å². The number of carboxylic acids is 1. The summed E-state index contributed by atoms with van der Waals surface area (Å²) in [5.41, 5.74) is 2.04. The second kappa shape index (κ2) is 11.5. The van der Waals surface area contributed by atoms with Crippen molar-refractivity contribution in [2.45, 2.75) is 63.3 Å². The minimum atomic E-state index is -3.67. The van der Waals surface area contributed by atoms with Crippen molar-refractivity contribution >= 4 is 27.6 Å². The molecule has 0 aliphatic rings. The van der Waals surface area contributed by atoms with E-state index in [9.17, 15) is 13.2 Å². The lowest BCUT2D eigenvalue weighted by atomic mass is 9.97. The summed E-state index contributed by atoms with van der Waals surface area (Å²) in [4.78, 5) is 10.8. The molecule has 0 amide bonds. The van der Waals surface area contributed by atoms with Crippen LogP contribution in [0.5, 0.6) is 0 Å². The molecule has 2 aromatic rings. The molecule has 0 aliphatic heterocycles. The van der Waals surface area contributed by atoms with Gasteiger partial charge < -0.3 is 5.11 Å². The van der Waals surface area contributed by atoms with Crippen LogP contribution in [0.3, 0.4) is 0 Å². The topological polar surface area (TPSA) is 83.5 Å². The van der Waals surface area contributed by atoms with Crippen LogP contribution in [0.25, 0.3) is 0 Å². The second-order valence-corrected chi connectivity index (χ2v) is 10.1. The van der Waals surface area contributed by atoms with Crippen molar-refractivity contribution in [1.82, 2.24) is 4.72 Å². The molecule has 1 atom stereocenters. The van der Waals surface area contributed by atoms with Crippen molar-refractivity contribution in [3.05, 3.63) is 64.7 Å². The minimum absolute atomic E-state index is 0.182. The maximum Gasteiger partial charge on any atom is 0.303 e. The van der Waals surface area contributed by atoms with Gasteiger partial charge in [0.1, 0.15) is 0 Å². The normalized spacial score (nSPS) is 12.8. The van der Waals surface area contributed by atoms with Crippen molar-refractivity contribution in [3.63, 3.8) is 0 Å². The summed E-state index contributed by atoms with van der Waals surface area (Å²) < 4.78 is 28.6. The fraction of sp³-hybridized carbons (Fsp3) is 0.435. The zero-order valence-electron chi connectivity index (χ0n) is 17.5. The number of hydrogen-bond donors (Lipinski definition) is 2. The molecular weight excluding hydrogens is 422 g/mol. The summed E-state index contributed by atoms with van der Waals surface area (Å²) in [6.07, 6.45) is 4.04. The van der Waals surface area contributed by atoms with E-state index in [0.717, 1.165) is 30.4 Å². The van der Waals surface area contributed by atoms with Crippen molar-refractivity contribution < 1.29 is 18.3 Å². The van der Waals surface area contributed by atoms with Gasteiger partial charge in [-0.1, -0.05) is 49.7 Å². The summed E-state index contributed by atoms with van der Waals surface area (Å²) >= 11 is 5.88. The Kier molecular flexibility index (Phi) is 9.34. The van der Waals surface area contributed by atoms with E-state index >= 15 is 0 Å². The van der Waals surface area contributed by atoms with Crippen molar-refractivity contribution in [2.24, 2.45) is 5.92 Å². The van der Waals surface area contributed by atoms with Crippen LogP contribution in [-0.2, 0) is 21.2 Å². The average molecular weight is 452 g/mol. The van der Waals surface area contributed by atoms with Gasteiger partial charge in [-0.3, -0.25) is 4.79 Å². The van der Waals surface area contributed by atoms with E-state index in [1.165, 1.54) is 12.1 Å². The highest BCUT2D eigenvalue weighted by molar-refractivity contribution is 7.89. The molecule has 0 bridgehead atoms. The van der Waals surface area contributed by atoms with Gasteiger partial charge in [-0.05, 0) is 73.4 Å². The van der Waals surface area contributed by atoms with Crippen LogP contribution in [0.2, 0.25) is 5.02 Å². The Bertz CT molecular complexity index is 909. The van der Waals surface area contributed by atoms with Gasteiger partial charge in [0.2, 0.25) is 10.0 Å². The third kappa shape index (κ3) is 8.09. The first kappa shape index (κ1) is 24.4. The molecule has 0 aromatic heterocycles. The molecule has 0 radical (unpaired) electrons. The SMILES string of the molecule is CC(C)CCC(NS(=O)(=O)c1ccc(Cl)cc1)c1ccc(CCCCC(=O)O)cc1. The van der Waals surface area contributed by atoms with E-state index in [0.29, 0.717) is 23.8 Å². The molecule has 2 rings (SSSR count). The van der Waals surface area contributed by atoms with E-state index < -0.39 is 16.0 Å².